The topological polar surface area (TPSA) is 64.3 Å². The van der Waals surface area contributed by atoms with Crippen molar-refractivity contribution >= 4 is 5.91 Å². The van der Waals surface area contributed by atoms with E-state index in [0.717, 1.165) is 0 Å². The second kappa shape index (κ2) is 7.76. The Labute approximate surface area is 86.2 Å². The van der Waals surface area contributed by atoms with Crippen LogP contribution in [0.25, 0.3) is 0 Å². The molecule has 0 aliphatic rings. The second-order valence-corrected chi connectivity index (χ2v) is 3.66. The molecule has 4 nitrogen and oxygen atoms in total. The van der Waals surface area contributed by atoms with Crippen molar-refractivity contribution in [3.8, 4) is 0 Å². The van der Waals surface area contributed by atoms with Crippen molar-refractivity contribution in [3.05, 3.63) is 0 Å². The highest BCUT2D eigenvalue weighted by Crippen LogP contribution is 2.01. The molecular weight excluding hydrogens is 180 g/mol. The van der Waals surface area contributed by atoms with Gasteiger partial charge in [0.15, 0.2) is 0 Å². The van der Waals surface area contributed by atoms with Crippen LogP contribution in [0, 0.1) is 5.92 Å². The molecule has 0 heterocycles. The van der Waals surface area contributed by atoms with Gasteiger partial charge in [0, 0.05) is 25.6 Å². The van der Waals surface area contributed by atoms with Crippen molar-refractivity contribution in [1.82, 2.24) is 5.32 Å². The number of carbonyl (C=O) groups is 1. The van der Waals surface area contributed by atoms with Gasteiger partial charge >= 0.3 is 0 Å². The molecule has 0 aromatic rings. The third kappa shape index (κ3) is 6.86. The lowest BCUT2D eigenvalue weighted by Gasteiger charge is -2.14. The van der Waals surface area contributed by atoms with Crippen LogP contribution in [0.3, 0.4) is 0 Å². The molecule has 1 amide bonds. The van der Waals surface area contributed by atoms with Crippen LogP contribution in [-0.4, -0.2) is 31.7 Å². The van der Waals surface area contributed by atoms with Gasteiger partial charge in [-0.05, 0) is 12.8 Å². The van der Waals surface area contributed by atoms with Gasteiger partial charge in [-0.2, -0.15) is 0 Å². The monoisotopic (exact) mass is 202 g/mol. The molecule has 84 valence electrons. The van der Waals surface area contributed by atoms with E-state index in [4.69, 9.17) is 10.5 Å². The summed E-state index contributed by atoms with van der Waals surface area (Å²) in [7, 11) is 0. The number of nitrogens with two attached hydrogens (primary N) is 1. The van der Waals surface area contributed by atoms with Gasteiger partial charge in [-0.25, -0.2) is 0 Å². The van der Waals surface area contributed by atoms with Gasteiger partial charge in [0.05, 0.1) is 6.61 Å². The highest BCUT2D eigenvalue weighted by molar-refractivity contribution is 5.76. The van der Waals surface area contributed by atoms with Crippen LogP contribution in [0.1, 0.15) is 27.2 Å². The number of rotatable bonds is 7. The largest absolute Gasteiger partial charge is 0.380 e. The van der Waals surface area contributed by atoms with Crippen molar-refractivity contribution < 1.29 is 9.53 Å². The SMILES string of the molecule is CCOCCNC(=O)CC(N)C(C)C. The van der Waals surface area contributed by atoms with E-state index in [0.29, 0.717) is 32.1 Å². The molecule has 1 atom stereocenters. The van der Waals surface area contributed by atoms with Crippen LogP contribution in [0.5, 0.6) is 0 Å². The van der Waals surface area contributed by atoms with Crippen LogP contribution >= 0.6 is 0 Å². The van der Waals surface area contributed by atoms with E-state index >= 15 is 0 Å². The molecule has 0 aliphatic heterocycles. The van der Waals surface area contributed by atoms with Gasteiger partial charge in [0.25, 0.3) is 0 Å². The second-order valence-electron chi connectivity index (χ2n) is 3.66. The van der Waals surface area contributed by atoms with Crippen LogP contribution in [-0.2, 0) is 9.53 Å². The maximum atomic E-state index is 11.3. The van der Waals surface area contributed by atoms with E-state index in [1.165, 1.54) is 0 Å². The summed E-state index contributed by atoms with van der Waals surface area (Å²) in [5.74, 6) is 0.346. The molecule has 0 aromatic carbocycles. The minimum atomic E-state index is -0.0536. The number of carbonyl (C=O) groups excluding carboxylic acids is 1. The van der Waals surface area contributed by atoms with Gasteiger partial charge in [0.2, 0.25) is 5.91 Å². The van der Waals surface area contributed by atoms with Gasteiger partial charge in [-0.1, -0.05) is 13.8 Å². The molecular formula is C10H22N2O2. The Morgan fingerprint density at radius 3 is 2.64 bits per heavy atom. The Balaban J connectivity index is 3.45. The highest BCUT2D eigenvalue weighted by atomic mass is 16.5. The fourth-order valence-electron chi connectivity index (χ4n) is 0.929. The smallest absolute Gasteiger partial charge is 0.221 e. The standard InChI is InChI=1S/C10H22N2O2/c1-4-14-6-5-12-10(13)7-9(11)8(2)3/h8-9H,4-7,11H2,1-3H3,(H,12,13). The predicted molar refractivity (Wildman–Crippen MR) is 56.9 cm³/mol. The van der Waals surface area contributed by atoms with Gasteiger partial charge in [-0.3, -0.25) is 4.79 Å². The van der Waals surface area contributed by atoms with Crippen LogP contribution in [0.15, 0.2) is 0 Å². The van der Waals surface area contributed by atoms with Crippen molar-refractivity contribution in [2.45, 2.75) is 33.2 Å². The maximum Gasteiger partial charge on any atom is 0.221 e. The quantitative estimate of drug-likeness (QED) is 0.591. The number of ether oxygens (including phenoxy) is 1. The molecule has 4 heteroatoms. The Morgan fingerprint density at radius 2 is 2.14 bits per heavy atom. The first kappa shape index (κ1) is 13.4. The lowest BCUT2D eigenvalue weighted by atomic mass is 10.0. The van der Waals surface area contributed by atoms with Crippen LogP contribution in [0.2, 0.25) is 0 Å². The molecule has 3 N–H and O–H groups in total. The maximum absolute atomic E-state index is 11.3. The van der Waals surface area contributed by atoms with E-state index in [9.17, 15) is 4.79 Å². The average Bonchev–Trinajstić information content (AvgIpc) is 2.12. The molecule has 14 heavy (non-hydrogen) atoms. The van der Waals surface area contributed by atoms with Crippen molar-refractivity contribution in [2.24, 2.45) is 11.7 Å². The van der Waals surface area contributed by atoms with Crippen molar-refractivity contribution in [3.63, 3.8) is 0 Å². The predicted octanol–water partition coefficient (Wildman–Crippen LogP) is 0.513. The molecule has 0 aliphatic carbocycles. The van der Waals surface area contributed by atoms with E-state index in [1.807, 2.05) is 20.8 Å². The number of hydrogen-bond donors (Lipinski definition) is 2. The molecule has 0 fully saturated rings. The fourth-order valence-corrected chi connectivity index (χ4v) is 0.929. The first-order chi connectivity index (χ1) is 6.57. The molecule has 0 spiro atoms. The number of nitrogens with one attached hydrogen (secondary N) is 1. The summed E-state index contributed by atoms with van der Waals surface area (Å²) in [6.07, 6.45) is 0.393. The van der Waals surface area contributed by atoms with Gasteiger partial charge in [-0.15, -0.1) is 0 Å². The summed E-state index contributed by atoms with van der Waals surface area (Å²) in [4.78, 5) is 11.3. The molecule has 0 saturated carbocycles. The third-order valence-electron chi connectivity index (χ3n) is 2.05. The van der Waals surface area contributed by atoms with E-state index in [2.05, 4.69) is 5.32 Å². The average molecular weight is 202 g/mol. The number of amides is 1. The lowest BCUT2D eigenvalue weighted by molar-refractivity contribution is -0.121. The summed E-state index contributed by atoms with van der Waals surface area (Å²) < 4.78 is 5.09. The first-order valence-corrected chi connectivity index (χ1v) is 5.18. The molecule has 0 saturated heterocycles. The fraction of sp³-hybridized carbons (Fsp3) is 0.900. The Bertz CT molecular complexity index is 160. The van der Waals surface area contributed by atoms with Gasteiger partial charge in [0.1, 0.15) is 0 Å². The molecule has 0 aromatic heterocycles. The summed E-state index contributed by atoms with van der Waals surface area (Å²) in [5, 5.41) is 2.76. The van der Waals surface area contributed by atoms with Crippen molar-refractivity contribution in [2.75, 3.05) is 19.8 Å². The molecule has 0 rings (SSSR count). The Hall–Kier alpha value is -0.610. The Kier molecular flexibility index (Phi) is 7.42. The van der Waals surface area contributed by atoms with E-state index in [1.54, 1.807) is 0 Å². The van der Waals surface area contributed by atoms with Crippen LogP contribution < -0.4 is 11.1 Å². The minimum Gasteiger partial charge on any atom is -0.380 e. The summed E-state index contributed by atoms with van der Waals surface area (Å²) in [5.41, 5.74) is 5.76. The van der Waals surface area contributed by atoms with Crippen molar-refractivity contribution in [1.29, 1.82) is 0 Å². The Morgan fingerprint density at radius 1 is 1.50 bits per heavy atom. The first-order valence-electron chi connectivity index (χ1n) is 5.18. The zero-order chi connectivity index (χ0) is 11.0. The molecule has 0 radical (unpaired) electrons. The molecule has 1 unspecified atom stereocenters. The third-order valence-corrected chi connectivity index (χ3v) is 2.05. The van der Waals surface area contributed by atoms with Gasteiger partial charge < -0.3 is 15.8 Å². The van der Waals surface area contributed by atoms with E-state index in [-0.39, 0.29) is 11.9 Å². The van der Waals surface area contributed by atoms with Crippen LogP contribution in [0.4, 0.5) is 0 Å². The number of hydrogen-bond acceptors (Lipinski definition) is 3. The normalized spacial score (nSPS) is 12.9. The lowest BCUT2D eigenvalue weighted by Crippen LogP contribution is -2.36. The zero-order valence-electron chi connectivity index (χ0n) is 9.38. The summed E-state index contributed by atoms with van der Waals surface area (Å²) in [6.45, 7) is 7.77. The summed E-state index contributed by atoms with van der Waals surface area (Å²) >= 11 is 0. The van der Waals surface area contributed by atoms with E-state index < -0.39 is 0 Å². The zero-order valence-corrected chi connectivity index (χ0v) is 9.38. The minimum absolute atomic E-state index is 0.00547. The summed E-state index contributed by atoms with van der Waals surface area (Å²) in [6, 6.07) is -0.0536. The molecule has 0 bridgehead atoms. The highest BCUT2D eigenvalue weighted by Gasteiger charge is 2.11.